The number of nitrogens with zero attached hydrogens (tertiary/aromatic N) is 4. The average Bonchev–Trinajstić information content (AvgIpc) is 2.85. The molecule has 2 aromatic carbocycles. The molecule has 3 rings (SSSR count). The van der Waals surface area contributed by atoms with Crippen molar-refractivity contribution < 1.29 is 9.47 Å². The highest BCUT2D eigenvalue weighted by Crippen LogP contribution is 2.40. The van der Waals surface area contributed by atoms with Crippen LogP contribution in [0.3, 0.4) is 0 Å². The second kappa shape index (κ2) is 9.38. The van der Waals surface area contributed by atoms with Gasteiger partial charge in [0.05, 0.1) is 25.3 Å². The van der Waals surface area contributed by atoms with E-state index in [1.807, 2.05) is 13.8 Å². The smallest absolute Gasteiger partial charge is 0.214 e. The van der Waals surface area contributed by atoms with Gasteiger partial charge >= 0.3 is 0 Å². The lowest BCUT2D eigenvalue weighted by Crippen LogP contribution is -2.69. The van der Waals surface area contributed by atoms with Crippen LogP contribution in [0, 0.1) is 45.3 Å². The molecule has 0 bridgehead atoms. The number of ether oxygens (including phenoxy) is 2. The third kappa shape index (κ3) is 3.94. The quantitative estimate of drug-likeness (QED) is 0.719. The Morgan fingerprint density at radius 3 is 1.22 bits per heavy atom. The van der Waals surface area contributed by atoms with Crippen LogP contribution in [0.4, 0.5) is 0 Å². The Labute approximate surface area is 187 Å². The van der Waals surface area contributed by atoms with Crippen molar-refractivity contribution in [1.29, 1.82) is 21.0 Å². The topological polar surface area (TPSA) is 138 Å². The van der Waals surface area contributed by atoms with E-state index < -0.39 is 23.2 Å². The van der Waals surface area contributed by atoms with E-state index in [-0.39, 0.29) is 0 Å². The van der Waals surface area contributed by atoms with E-state index in [2.05, 4.69) is 34.9 Å². The SMILES string of the molecule is CCOc1ccc([C@H]2NC(C#N)(C#N)[C@H](c3ccc(OCC)cc3)NC2(C#N)C#N)cc1. The van der Waals surface area contributed by atoms with Crippen LogP contribution in [0.15, 0.2) is 48.5 Å². The molecule has 1 saturated heterocycles. The van der Waals surface area contributed by atoms with Gasteiger partial charge in [0.2, 0.25) is 11.1 Å². The second-order valence-electron chi connectivity index (χ2n) is 7.22. The summed E-state index contributed by atoms with van der Waals surface area (Å²) in [4.78, 5) is 0. The van der Waals surface area contributed by atoms with Gasteiger partial charge in [-0.3, -0.25) is 10.6 Å². The minimum Gasteiger partial charge on any atom is -0.494 e. The zero-order valence-electron chi connectivity index (χ0n) is 17.8. The van der Waals surface area contributed by atoms with E-state index in [1.54, 1.807) is 48.5 Å². The molecule has 0 unspecified atom stereocenters. The van der Waals surface area contributed by atoms with Gasteiger partial charge in [-0.1, -0.05) is 24.3 Å². The van der Waals surface area contributed by atoms with Gasteiger partial charge in [-0.15, -0.1) is 0 Å². The molecular weight excluding hydrogens is 404 g/mol. The largest absolute Gasteiger partial charge is 0.494 e. The highest BCUT2D eigenvalue weighted by Gasteiger charge is 2.57. The predicted molar refractivity (Wildman–Crippen MR) is 115 cm³/mol. The molecule has 0 amide bonds. The predicted octanol–water partition coefficient (Wildman–Crippen LogP) is 3.03. The highest BCUT2D eigenvalue weighted by atomic mass is 16.5. The van der Waals surface area contributed by atoms with Crippen LogP contribution >= 0.6 is 0 Å². The fourth-order valence-corrected chi connectivity index (χ4v) is 3.79. The van der Waals surface area contributed by atoms with Crippen molar-refractivity contribution >= 4 is 0 Å². The summed E-state index contributed by atoms with van der Waals surface area (Å²) in [7, 11) is 0. The normalized spacial score (nSPS) is 20.6. The van der Waals surface area contributed by atoms with Gasteiger partial charge in [0.15, 0.2) is 0 Å². The third-order valence-corrected chi connectivity index (χ3v) is 5.36. The highest BCUT2D eigenvalue weighted by molar-refractivity contribution is 5.47. The lowest BCUT2D eigenvalue weighted by molar-refractivity contribution is 0.189. The zero-order chi connectivity index (χ0) is 23.2. The number of rotatable bonds is 6. The molecule has 0 saturated carbocycles. The number of nitriles is 4. The molecule has 0 aromatic heterocycles. The Kier molecular flexibility index (Phi) is 6.62. The lowest BCUT2D eigenvalue weighted by atomic mass is 9.75. The molecule has 0 radical (unpaired) electrons. The molecular formula is C24H22N6O2. The van der Waals surface area contributed by atoms with Crippen molar-refractivity contribution in [1.82, 2.24) is 10.6 Å². The first-order valence-corrected chi connectivity index (χ1v) is 10.2. The number of nitrogens with one attached hydrogen (secondary N) is 2. The summed E-state index contributed by atoms with van der Waals surface area (Å²) in [5.41, 5.74) is -2.31. The molecule has 2 aromatic rings. The zero-order valence-corrected chi connectivity index (χ0v) is 17.8. The van der Waals surface area contributed by atoms with E-state index >= 15 is 0 Å². The molecule has 1 aliphatic rings. The first-order valence-electron chi connectivity index (χ1n) is 10.2. The van der Waals surface area contributed by atoms with Gasteiger partial charge in [-0.2, -0.15) is 21.0 Å². The maximum absolute atomic E-state index is 10.0. The number of benzene rings is 2. The first kappa shape index (κ1) is 22.6. The molecule has 1 heterocycles. The summed E-state index contributed by atoms with van der Waals surface area (Å²) in [6.45, 7) is 4.73. The van der Waals surface area contributed by atoms with Crippen molar-refractivity contribution in [3.63, 3.8) is 0 Å². The van der Waals surface area contributed by atoms with Crippen molar-refractivity contribution in [3.8, 4) is 35.8 Å². The Morgan fingerprint density at radius 2 is 0.969 bits per heavy atom. The first-order chi connectivity index (χ1) is 15.5. The van der Waals surface area contributed by atoms with Crippen LogP contribution in [0.25, 0.3) is 0 Å². The molecule has 0 aliphatic carbocycles. The van der Waals surface area contributed by atoms with E-state index in [4.69, 9.17) is 9.47 Å². The van der Waals surface area contributed by atoms with Crippen LogP contribution in [-0.4, -0.2) is 24.3 Å². The van der Waals surface area contributed by atoms with Crippen LogP contribution in [-0.2, 0) is 0 Å². The Bertz CT molecular complexity index is 997. The Balaban J connectivity index is 2.07. The van der Waals surface area contributed by atoms with E-state index in [0.717, 1.165) is 0 Å². The molecule has 1 fully saturated rings. The van der Waals surface area contributed by atoms with E-state index in [0.29, 0.717) is 35.8 Å². The molecule has 0 spiro atoms. The van der Waals surface area contributed by atoms with Crippen molar-refractivity contribution in [2.75, 3.05) is 13.2 Å². The molecule has 160 valence electrons. The van der Waals surface area contributed by atoms with Crippen molar-refractivity contribution in [2.45, 2.75) is 37.0 Å². The molecule has 8 heteroatoms. The Hall–Kier alpha value is -4.08. The van der Waals surface area contributed by atoms with Crippen LogP contribution in [0.5, 0.6) is 11.5 Å². The second-order valence-corrected chi connectivity index (χ2v) is 7.22. The molecule has 1 aliphatic heterocycles. The maximum Gasteiger partial charge on any atom is 0.214 e. The fourth-order valence-electron chi connectivity index (χ4n) is 3.79. The summed E-state index contributed by atoms with van der Waals surface area (Å²) in [6, 6.07) is 20.1. The van der Waals surface area contributed by atoms with Crippen LogP contribution in [0.2, 0.25) is 0 Å². The van der Waals surface area contributed by atoms with E-state index in [9.17, 15) is 21.0 Å². The van der Waals surface area contributed by atoms with Gasteiger partial charge in [-0.05, 0) is 49.2 Å². The van der Waals surface area contributed by atoms with Gasteiger partial charge in [0.25, 0.3) is 0 Å². The minimum atomic E-state index is -1.73. The van der Waals surface area contributed by atoms with Crippen LogP contribution < -0.4 is 20.1 Å². The summed E-state index contributed by atoms with van der Waals surface area (Å²) < 4.78 is 10.9. The van der Waals surface area contributed by atoms with Gasteiger partial charge in [0.1, 0.15) is 35.8 Å². The summed E-state index contributed by atoms with van der Waals surface area (Å²) in [5, 5.41) is 46.1. The van der Waals surface area contributed by atoms with E-state index in [1.165, 1.54) is 0 Å². The Morgan fingerprint density at radius 1 is 0.656 bits per heavy atom. The summed E-state index contributed by atoms with van der Waals surface area (Å²) in [6.07, 6.45) is 0. The molecule has 8 nitrogen and oxygen atoms in total. The van der Waals surface area contributed by atoms with Gasteiger partial charge in [-0.25, -0.2) is 0 Å². The van der Waals surface area contributed by atoms with Crippen LogP contribution in [0.1, 0.15) is 37.1 Å². The van der Waals surface area contributed by atoms with Gasteiger partial charge in [0, 0.05) is 0 Å². The lowest BCUT2D eigenvalue weighted by Gasteiger charge is -2.46. The van der Waals surface area contributed by atoms with Crippen molar-refractivity contribution in [3.05, 3.63) is 59.7 Å². The van der Waals surface area contributed by atoms with Gasteiger partial charge < -0.3 is 9.47 Å². The summed E-state index contributed by atoms with van der Waals surface area (Å²) >= 11 is 0. The standard InChI is InChI=1S/C24H22N6O2/c1-3-31-19-9-5-17(6-10-19)21-23(13-25,14-26)30-22(24(15-27,16-28)29-21)18-7-11-20(12-8-18)32-4-2/h5-12,21-22,29-30H,3-4H2,1-2H3/t21-,22+. The molecule has 2 atom stereocenters. The molecule has 32 heavy (non-hydrogen) atoms. The third-order valence-electron chi connectivity index (χ3n) is 5.36. The minimum absolute atomic E-state index is 0.499. The van der Waals surface area contributed by atoms with Crippen molar-refractivity contribution in [2.24, 2.45) is 0 Å². The summed E-state index contributed by atoms with van der Waals surface area (Å²) in [5.74, 6) is 1.28. The number of hydrogen-bond donors (Lipinski definition) is 2. The maximum atomic E-state index is 10.0. The molecule has 2 N–H and O–H groups in total. The number of piperazine rings is 1. The fraction of sp³-hybridized carbons (Fsp3) is 0.333. The monoisotopic (exact) mass is 426 g/mol. The number of hydrogen-bond acceptors (Lipinski definition) is 8. The average molecular weight is 426 g/mol.